The number of rotatable bonds is 1. The molecule has 0 aromatic heterocycles. The summed E-state index contributed by atoms with van der Waals surface area (Å²) in [6, 6.07) is 4.61. The molecule has 0 fully saturated rings. The topological polar surface area (TPSA) is 35.2 Å². The zero-order valence-electron chi connectivity index (χ0n) is 7.70. The average molecular weight is 218 g/mol. The van der Waals surface area contributed by atoms with E-state index in [9.17, 15) is 4.39 Å². The van der Waals surface area contributed by atoms with Gasteiger partial charge in [-0.1, -0.05) is 0 Å². The van der Waals surface area contributed by atoms with Gasteiger partial charge in [-0.3, -0.25) is 0 Å². The summed E-state index contributed by atoms with van der Waals surface area (Å²) in [5, 5.41) is 0. The minimum atomic E-state index is -0.220. The molecule has 0 spiro atoms. The second-order valence-corrected chi connectivity index (χ2v) is 3.25. The Bertz CT molecular complexity index is 319. The largest absolute Gasteiger partial charge is 0.493 e. The molecule has 1 aromatic carbocycles. The lowest BCUT2D eigenvalue weighted by atomic mass is 9.93. The van der Waals surface area contributed by atoms with Crippen LogP contribution in [0.5, 0.6) is 5.75 Å². The second kappa shape index (κ2) is 4.62. The highest BCUT2D eigenvalue weighted by Crippen LogP contribution is 2.33. The van der Waals surface area contributed by atoms with E-state index in [0.29, 0.717) is 13.2 Å². The van der Waals surface area contributed by atoms with Crippen LogP contribution in [0.4, 0.5) is 4.39 Å². The van der Waals surface area contributed by atoms with Crippen molar-refractivity contribution in [1.29, 1.82) is 0 Å². The Hall–Kier alpha value is -0.800. The summed E-state index contributed by atoms with van der Waals surface area (Å²) in [5.74, 6) is 0.810. The third-order valence-corrected chi connectivity index (χ3v) is 2.42. The lowest BCUT2D eigenvalue weighted by Gasteiger charge is -2.24. The predicted octanol–water partition coefficient (Wildman–Crippen LogP) is 2.07. The van der Waals surface area contributed by atoms with Crippen molar-refractivity contribution in [1.82, 2.24) is 0 Å². The Labute approximate surface area is 88.7 Å². The Balaban J connectivity index is 0.000000980. The van der Waals surface area contributed by atoms with Crippen molar-refractivity contribution in [2.45, 2.75) is 12.3 Å². The number of ether oxygens (including phenoxy) is 1. The van der Waals surface area contributed by atoms with Crippen LogP contribution in [0.2, 0.25) is 0 Å². The number of halogens is 2. The van der Waals surface area contributed by atoms with Crippen molar-refractivity contribution in [3.63, 3.8) is 0 Å². The Morgan fingerprint density at radius 1 is 1.50 bits per heavy atom. The van der Waals surface area contributed by atoms with E-state index in [1.165, 1.54) is 12.1 Å². The molecule has 14 heavy (non-hydrogen) atoms. The Kier molecular flexibility index (Phi) is 3.72. The van der Waals surface area contributed by atoms with Gasteiger partial charge in [0.15, 0.2) is 0 Å². The quantitative estimate of drug-likeness (QED) is 0.782. The minimum Gasteiger partial charge on any atom is -0.493 e. The SMILES string of the molecule is Cl.NCC1CCOc2ccc(F)cc21. The van der Waals surface area contributed by atoms with Crippen molar-refractivity contribution >= 4 is 12.4 Å². The fourth-order valence-corrected chi connectivity index (χ4v) is 1.68. The Morgan fingerprint density at radius 3 is 3.00 bits per heavy atom. The molecule has 4 heteroatoms. The molecule has 1 unspecified atom stereocenters. The first kappa shape index (κ1) is 11.3. The van der Waals surface area contributed by atoms with E-state index in [-0.39, 0.29) is 24.1 Å². The first-order valence-electron chi connectivity index (χ1n) is 4.43. The maximum absolute atomic E-state index is 12.9. The lowest BCUT2D eigenvalue weighted by Crippen LogP contribution is -2.21. The maximum Gasteiger partial charge on any atom is 0.123 e. The monoisotopic (exact) mass is 217 g/mol. The predicted molar refractivity (Wildman–Crippen MR) is 55.6 cm³/mol. The highest BCUT2D eigenvalue weighted by Gasteiger charge is 2.20. The van der Waals surface area contributed by atoms with Gasteiger partial charge in [0.1, 0.15) is 11.6 Å². The Morgan fingerprint density at radius 2 is 2.29 bits per heavy atom. The zero-order chi connectivity index (χ0) is 9.26. The first-order valence-corrected chi connectivity index (χ1v) is 4.43. The summed E-state index contributed by atoms with van der Waals surface area (Å²) in [4.78, 5) is 0. The van der Waals surface area contributed by atoms with Gasteiger partial charge in [-0.25, -0.2) is 4.39 Å². The van der Waals surface area contributed by atoms with E-state index in [4.69, 9.17) is 10.5 Å². The van der Waals surface area contributed by atoms with Gasteiger partial charge in [0.05, 0.1) is 6.61 Å². The number of benzene rings is 1. The molecule has 0 amide bonds. The van der Waals surface area contributed by atoms with Crippen molar-refractivity contribution in [2.75, 3.05) is 13.2 Å². The van der Waals surface area contributed by atoms with Crippen molar-refractivity contribution in [3.05, 3.63) is 29.6 Å². The molecule has 2 rings (SSSR count). The van der Waals surface area contributed by atoms with E-state index in [0.717, 1.165) is 17.7 Å². The molecule has 1 aromatic rings. The van der Waals surface area contributed by atoms with Crippen LogP contribution in [0.3, 0.4) is 0 Å². The molecule has 1 aliphatic rings. The number of nitrogens with two attached hydrogens (primary N) is 1. The third-order valence-electron chi connectivity index (χ3n) is 2.42. The fraction of sp³-hybridized carbons (Fsp3) is 0.400. The van der Waals surface area contributed by atoms with Crippen LogP contribution in [-0.2, 0) is 0 Å². The molecule has 2 nitrogen and oxygen atoms in total. The van der Waals surface area contributed by atoms with Crippen LogP contribution >= 0.6 is 12.4 Å². The number of fused-ring (bicyclic) bond motifs is 1. The standard InChI is InChI=1S/C10H12FNO.ClH/c11-8-1-2-10-9(5-8)7(6-12)3-4-13-10;/h1-2,5,7H,3-4,6,12H2;1H. The van der Waals surface area contributed by atoms with Gasteiger partial charge in [0.25, 0.3) is 0 Å². The van der Waals surface area contributed by atoms with Gasteiger partial charge in [-0.2, -0.15) is 0 Å². The van der Waals surface area contributed by atoms with Crippen LogP contribution in [0.15, 0.2) is 18.2 Å². The van der Waals surface area contributed by atoms with Crippen LogP contribution < -0.4 is 10.5 Å². The van der Waals surface area contributed by atoms with Crippen LogP contribution in [0, 0.1) is 5.82 Å². The molecule has 1 aliphatic heterocycles. The van der Waals surface area contributed by atoms with Gasteiger partial charge >= 0.3 is 0 Å². The van der Waals surface area contributed by atoms with Gasteiger partial charge < -0.3 is 10.5 Å². The second-order valence-electron chi connectivity index (χ2n) is 3.25. The summed E-state index contributed by atoms with van der Waals surface area (Å²) in [7, 11) is 0. The van der Waals surface area contributed by atoms with Gasteiger partial charge in [0, 0.05) is 11.5 Å². The number of hydrogen-bond acceptors (Lipinski definition) is 2. The molecule has 0 saturated heterocycles. The lowest BCUT2D eigenvalue weighted by molar-refractivity contribution is 0.268. The molecular formula is C10H13ClFNO. The third kappa shape index (κ3) is 1.99. The summed E-state index contributed by atoms with van der Waals surface area (Å²) in [6.45, 7) is 1.24. The summed E-state index contributed by atoms with van der Waals surface area (Å²) in [6.07, 6.45) is 0.882. The van der Waals surface area contributed by atoms with Crippen molar-refractivity contribution in [3.8, 4) is 5.75 Å². The minimum absolute atomic E-state index is 0. The van der Waals surface area contributed by atoms with E-state index in [1.807, 2.05) is 0 Å². The molecule has 78 valence electrons. The smallest absolute Gasteiger partial charge is 0.123 e. The van der Waals surface area contributed by atoms with Crippen molar-refractivity contribution in [2.24, 2.45) is 5.73 Å². The number of hydrogen-bond donors (Lipinski definition) is 1. The van der Waals surface area contributed by atoms with Crippen LogP contribution in [-0.4, -0.2) is 13.2 Å². The summed E-state index contributed by atoms with van der Waals surface area (Å²) in [5.41, 5.74) is 6.50. The van der Waals surface area contributed by atoms with Crippen LogP contribution in [0.1, 0.15) is 17.9 Å². The maximum atomic E-state index is 12.9. The molecule has 0 bridgehead atoms. The highest BCUT2D eigenvalue weighted by molar-refractivity contribution is 5.85. The molecule has 0 aliphatic carbocycles. The highest BCUT2D eigenvalue weighted by atomic mass is 35.5. The molecule has 0 saturated carbocycles. The van der Waals surface area contributed by atoms with E-state index in [2.05, 4.69) is 0 Å². The van der Waals surface area contributed by atoms with E-state index in [1.54, 1.807) is 6.07 Å². The van der Waals surface area contributed by atoms with Crippen molar-refractivity contribution < 1.29 is 9.13 Å². The van der Waals surface area contributed by atoms with Gasteiger partial charge in [-0.15, -0.1) is 12.4 Å². The molecule has 2 N–H and O–H groups in total. The first-order chi connectivity index (χ1) is 6.31. The molecule has 1 heterocycles. The summed E-state index contributed by atoms with van der Waals surface area (Å²) < 4.78 is 18.3. The fourth-order valence-electron chi connectivity index (χ4n) is 1.68. The van der Waals surface area contributed by atoms with Crippen LogP contribution in [0.25, 0.3) is 0 Å². The normalized spacial score (nSPS) is 19.1. The van der Waals surface area contributed by atoms with Gasteiger partial charge in [-0.05, 0) is 31.2 Å². The molecule has 1 atom stereocenters. The zero-order valence-corrected chi connectivity index (χ0v) is 8.52. The molecule has 0 radical (unpaired) electrons. The summed E-state index contributed by atoms with van der Waals surface area (Å²) >= 11 is 0. The average Bonchev–Trinajstić information content (AvgIpc) is 2.17. The van der Waals surface area contributed by atoms with E-state index >= 15 is 0 Å². The van der Waals surface area contributed by atoms with Gasteiger partial charge in [0.2, 0.25) is 0 Å². The van der Waals surface area contributed by atoms with E-state index < -0.39 is 0 Å². The molecular weight excluding hydrogens is 205 g/mol.